The monoisotopic (exact) mass is 342 g/mol. The molecule has 0 saturated carbocycles. The van der Waals surface area contributed by atoms with Crippen LogP contribution in [0.4, 0.5) is 0 Å². The quantitative estimate of drug-likeness (QED) is 0.783. The number of benzene rings is 1. The first-order chi connectivity index (χ1) is 9.13. The SMILES string of the molecule is COCCn1ncc(Cl)c1C(=O)c1cccc(Br)c1. The van der Waals surface area contributed by atoms with Gasteiger partial charge in [-0.2, -0.15) is 5.10 Å². The number of hydrogen-bond acceptors (Lipinski definition) is 3. The molecule has 0 N–H and O–H groups in total. The van der Waals surface area contributed by atoms with Crippen molar-refractivity contribution in [1.82, 2.24) is 9.78 Å². The molecule has 0 amide bonds. The average Bonchev–Trinajstić information content (AvgIpc) is 2.76. The van der Waals surface area contributed by atoms with Crippen LogP contribution in [0.1, 0.15) is 16.1 Å². The van der Waals surface area contributed by atoms with Gasteiger partial charge in [-0.3, -0.25) is 9.48 Å². The highest BCUT2D eigenvalue weighted by molar-refractivity contribution is 9.10. The van der Waals surface area contributed by atoms with Crippen LogP contribution in [0.2, 0.25) is 5.02 Å². The van der Waals surface area contributed by atoms with Gasteiger partial charge >= 0.3 is 0 Å². The lowest BCUT2D eigenvalue weighted by Gasteiger charge is -2.07. The van der Waals surface area contributed by atoms with Gasteiger partial charge in [-0.05, 0) is 12.1 Å². The second-order valence-corrected chi connectivity index (χ2v) is 5.22. The highest BCUT2D eigenvalue weighted by Gasteiger charge is 2.19. The summed E-state index contributed by atoms with van der Waals surface area (Å²) in [7, 11) is 1.60. The second-order valence-electron chi connectivity index (χ2n) is 3.90. The zero-order valence-corrected chi connectivity index (χ0v) is 12.6. The molecule has 2 rings (SSSR count). The smallest absolute Gasteiger partial charge is 0.212 e. The van der Waals surface area contributed by atoms with Crippen LogP contribution in [0.25, 0.3) is 0 Å². The zero-order valence-electron chi connectivity index (χ0n) is 10.3. The van der Waals surface area contributed by atoms with Crippen LogP contribution in [-0.2, 0) is 11.3 Å². The summed E-state index contributed by atoms with van der Waals surface area (Å²) >= 11 is 9.40. The number of aromatic nitrogens is 2. The van der Waals surface area contributed by atoms with Crippen LogP contribution in [0.15, 0.2) is 34.9 Å². The Bertz CT molecular complexity index is 598. The van der Waals surface area contributed by atoms with Crippen LogP contribution in [-0.4, -0.2) is 29.3 Å². The fourth-order valence-corrected chi connectivity index (χ4v) is 2.33. The molecule has 0 saturated heterocycles. The normalized spacial score (nSPS) is 10.7. The van der Waals surface area contributed by atoms with Crippen molar-refractivity contribution < 1.29 is 9.53 Å². The molecular formula is C13H12BrClN2O2. The number of carbonyl (C=O) groups is 1. The highest BCUT2D eigenvalue weighted by atomic mass is 79.9. The summed E-state index contributed by atoms with van der Waals surface area (Å²) in [6.45, 7) is 0.953. The standard InChI is InChI=1S/C13H12BrClN2O2/c1-19-6-5-17-12(11(15)8-16-17)13(18)9-3-2-4-10(14)7-9/h2-4,7-8H,5-6H2,1H3. The van der Waals surface area contributed by atoms with E-state index in [1.54, 1.807) is 30.0 Å². The molecule has 0 spiro atoms. The van der Waals surface area contributed by atoms with Crippen molar-refractivity contribution in [1.29, 1.82) is 0 Å². The van der Waals surface area contributed by atoms with Gasteiger partial charge in [0.25, 0.3) is 0 Å². The van der Waals surface area contributed by atoms with E-state index in [2.05, 4.69) is 21.0 Å². The molecule has 0 bridgehead atoms. The van der Waals surface area contributed by atoms with Crippen molar-refractivity contribution in [2.75, 3.05) is 13.7 Å². The molecule has 0 aliphatic carbocycles. The summed E-state index contributed by atoms with van der Waals surface area (Å²) in [4.78, 5) is 12.5. The summed E-state index contributed by atoms with van der Waals surface area (Å²) in [6.07, 6.45) is 1.47. The van der Waals surface area contributed by atoms with Gasteiger partial charge in [-0.1, -0.05) is 39.7 Å². The summed E-state index contributed by atoms with van der Waals surface area (Å²) in [6, 6.07) is 7.17. The maximum absolute atomic E-state index is 12.5. The van der Waals surface area contributed by atoms with Crippen molar-refractivity contribution in [3.63, 3.8) is 0 Å². The third kappa shape index (κ3) is 3.23. The number of halogens is 2. The van der Waals surface area contributed by atoms with Crippen molar-refractivity contribution >= 4 is 33.3 Å². The average molecular weight is 344 g/mol. The molecule has 6 heteroatoms. The predicted octanol–water partition coefficient (Wildman–Crippen LogP) is 3.18. The largest absolute Gasteiger partial charge is 0.383 e. The second kappa shape index (κ2) is 6.32. The van der Waals surface area contributed by atoms with Gasteiger partial charge in [-0.15, -0.1) is 0 Å². The van der Waals surface area contributed by atoms with E-state index in [9.17, 15) is 4.79 Å². The number of nitrogens with zero attached hydrogens (tertiary/aromatic N) is 2. The molecule has 1 aromatic heterocycles. The number of carbonyl (C=O) groups excluding carboxylic acids is 1. The molecule has 0 aliphatic heterocycles. The van der Waals surface area contributed by atoms with Gasteiger partial charge in [0.15, 0.2) is 0 Å². The molecule has 19 heavy (non-hydrogen) atoms. The highest BCUT2D eigenvalue weighted by Crippen LogP contribution is 2.21. The van der Waals surface area contributed by atoms with E-state index in [1.165, 1.54) is 6.20 Å². The molecule has 0 fully saturated rings. The van der Waals surface area contributed by atoms with E-state index in [4.69, 9.17) is 16.3 Å². The number of ketones is 1. The molecule has 0 radical (unpaired) electrons. The first kappa shape index (κ1) is 14.2. The number of hydrogen-bond donors (Lipinski definition) is 0. The fourth-order valence-electron chi connectivity index (χ4n) is 1.70. The van der Waals surface area contributed by atoms with Crippen LogP contribution < -0.4 is 0 Å². The molecular weight excluding hydrogens is 332 g/mol. The van der Waals surface area contributed by atoms with E-state index in [1.807, 2.05) is 6.07 Å². The van der Waals surface area contributed by atoms with Gasteiger partial charge in [0.1, 0.15) is 5.69 Å². The summed E-state index contributed by atoms with van der Waals surface area (Å²) in [5.74, 6) is -0.153. The van der Waals surface area contributed by atoms with Gasteiger partial charge in [0, 0.05) is 17.1 Å². The Morgan fingerprint density at radius 3 is 3.00 bits per heavy atom. The minimum Gasteiger partial charge on any atom is -0.383 e. The molecule has 0 atom stereocenters. The lowest BCUT2D eigenvalue weighted by atomic mass is 10.1. The topological polar surface area (TPSA) is 44.1 Å². The van der Waals surface area contributed by atoms with E-state index in [-0.39, 0.29) is 5.78 Å². The molecule has 2 aromatic rings. The number of ether oxygens (including phenoxy) is 1. The van der Waals surface area contributed by atoms with E-state index in [0.29, 0.717) is 29.4 Å². The first-order valence-corrected chi connectivity index (χ1v) is 6.81. The number of rotatable bonds is 5. The fraction of sp³-hybridized carbons (Fsp3) is 0.231. The van der Waals surface area contributed by atoms with Gasteiger partial charge < -0.3 is 4.74 Å². The Morgan fingerprint density at radius 2 is 2.32 bits per heavy atom. The summed E-state index contributed by atoms with van der Waals surface area (Å²) in [5, 5.41) is 4.44. The Labute approximate surface area is 124 Å². The van der Waals surface area contributed by atoms with Crippen molar-refractivity contribution in [3.05, 3.63) is 51.2 Å². The Kier molecular flexibility index (Phi) is 4.74. The van der Waals surface area contributed by atoms with Gasteiger partial charge in [0.2, 0.25) is 5.78 Å². The van der Waals surface area contributed by atoms with Gasteiger partial charge in [-0.25, -0.2) is 0 Å². The molecule has 0 unspecified atom stereocenters. The lowest BCUT2D eigenvalue weighted by Crippen LogP contribution is -2.14. The number of methoxy groups -OCH3 is 1. The maximum Gasteiger partial charge on any atom is 0.212 e. The summed E-state index contributed by atoms with van der Waals surface area (Å²) in [5.41, 5.74) is 0.951. The first-order valence-electron chi connectivity index (χ1n) is 5.64. The molecule has 1 aromatic carbocycles. The Morgan fingerprint density at radius 1 is 1.53 bits per heavy atom. The minimum atomic E-state index is -0.153. The van der Waals surface area contributed by atoms with Crippen molar-refractivity contribution in [2.24, 2.45) is 0 Å². The zero-order chi connectivity index (χ0) is 13.8. The third-order valence-electron chi connectivity index (χ3n) is 2.60. The molecule has 0 aliphatic rings. The van der Waals surface area contributed by atoms with Gasteiger partial charge in [0.05, 0.1) is 24.4 Å². The van der Waals surface area contributed by atoms with Crippen molar-refractivity contribution in [2.45, 2.75) is 6.54 Å². The Hall–Kier alpha value is -1.17. The minimum absolute atomic E-state index is 0.153. The molecule has 4 nitrogen and oxygen atoms in total. The van der Waals surface area contributed by atoms with Crippen LogP contribution in [0, 0.1) is 0 Å². The summed E-state index contributed by atoms with van der Waals surface area (Å²) < 4.78 is 7.40. The lowest BCUT2D eigenvalue weighted by molar-refractivity contribution is 0.102. The Balaban J connectivity index is 2.35. The third-order valence-corrected chi connectivity index (χ3v) is 3.37. The molecule has 1 heterocycles. The van der Waals surface area contributed by atoms with Crippen LogP contribution >= 0.6 is 27.5 Å². The van der Waals surface area contributed by atoms with E-state index in [0.717, 1.165) is 4.47 Å². The van der Waals surface area contributed by atoms with Crippen LogP contribution in [0.5, 0.6) is 0 Å². The predicted molar refractivity (Wildman–Crippen MR) is 76.7 cm³/mol. The maximum atomic E-state index is 12.5. The van der Waals surface area contributed by atoms with E-state index < -0.39 is 0 Å². The van der Waals surface area contributed by atoms with E-state index >= 15 is 0 Å². The van der Waals surface area contributed by atoms with Crippen LogP contribution in [0.3, 0.4) is 0 Å². The van der Waals surface area contributed by atoms with Crippen molar-refractivity contribution in [3.8, 4) is 0 Å². The molecule has 100 valence electrons.